The van der Waals surface area contributed by atoms with Crippen LogP contribution in [0.25, 0.3) is 0 Å². The van der Waals surface area contributed by atoms with Crippen molar-refractivity contribution in [2.24, 2.45) is 0 Å². The number of amides is 1. The first-order chi connectivity index (χ1) is 13.4. The summed E-state index contributed by atoms with van der Waals surface area (Å²) in [6, 6.07) is 20.6. The molecule has 0 aliphatic carbocycles. The number of benzene rings is 2. The van der Waals surface area contributed by atoms with Crippen molar-refractivity contribution in [2.45, 2.75) is 26.2 Å². The number of para-hydroxylation sites is 2. The largest absolute Gasteiger partial charge is 0.353 e. The van der Waals surface area contributed by atoms with Gasteiger partial charge in [0.05, 0.1) is 23.1 Å². The van der Waals surface area contributed by atoms with Crippen molar-refractivity contribution in [1.29, 1.82) is 5.26 Å². The quantitative estimate of drug-likeness (QED) is 0.658. The second-order valence-corrected chi connectivity index (χ2v) is 7.46. The summed E-state index contributed by atoms with van der Waals surface area (Å²) in [6.07, 6.45) is 1.58. The van der Waals surface area contributed by atoms with Crippen LogP contribution in [0.15, 0.2) is 66.9 Å². The van der Waals surface area contributed by atoms with Crippen molar-refractivity contribution in [3.8, 4) is 6.07 Å². The molecule has 1 amide bonds. The van der Waals surface area contributed by atoms with Gasteiger partial charge in [-0.25, -0.2) is 4.98 Å². The molecular formula is C23H22N4O. The van der Waals surface area contributed by atoms with Gasteiger partial charge in [-0.3, -0.25) is 4.79 Å². The van der Waals surface area contributed by atoms with E-state index in [1.807, 2.05) is 42.5 Å². The molecule has 0 fully saturated rings. The predicted octanol–water partition coefficient (Wildman–Crippen LogP) is 5.25. The van der Waals surface area contributed by atoms with E-state index in [1.165, 1.54) is 0 Å². The van der Waals surface area contributed by atoms with Gasteiger partial charge < -0.3 is 10.6 Å². The molecule has 0 aliphatic heterocycles. The van der Waals surface area contributed by atoms with E-state index in [4.69, 9.17) is 0 Å². The molecule has 0 bridgehead atoms. The second kappa shape index (κ2) is 7.93. The van der Waals surface area contributed by atoms with E-state index in [-0.39, 0.29) is 11.3 Å². The van der Waals surface area contributed by atoms with Crippen LogP contribution in [0.2, 0.25) is 0 Å². The van der Waals surface area contributed by atoms with Gasteiger partial charge in [-0.1, -0.05) is 51.1 Å². The van der Waals surface area contributed by atoms with Crippen LogP contribution in [0.3, 0.4) is 0 Å². The maximum absolute atomic E-state index is 12.6. The molecule has 0 saturated heterocycles. The van der Waals surface area contributed by atoms with Crippen LogP contribution >= 0.6 is 0 Å². The van der Waals surface area contributed by atoms with Crippen LogP contribution in [0, 0.1) is 11.3 Å². The van der Waals surface area contributed by atoms with Crippen LogP contribution in [-0.4, -0.2) is 10.9 Å². The average molecular weight is 370 g/mol. The van der Waals surface area contributed by atoms with E-state index in [0.717, 1.165) is 11.3 Å². The highest BCUT2D eigenvalue weighted by atomic mass is 16.1. The number of carbonyl (C=O) groups excluding carboxylic acids is 1. The third-order valence-electron chi connectivity index (χ3n) is 4.31. The van der Waals surface area contributed by atoms with Crippen LogP contribution in [0.4, 0.5) is 17.1 Å². The normalized spacial score (nSPS) is 10.8. The van der Waals surface area contributed by atoms with E-state index >= 15 is 0 Å². The van der Waals surface area contributed by atoms with Gasteiger partial charge in [0.1, 0.15) is 11.8 Å². The SMILES string of the molecule is CC(C)(C)c1ccccc1NC(=O)c1ccc(Nc2ccccc2C#N)cn1. The molecule has 2 aromatic carbocycles. The van der Waals surface area contributed by atoms with E-state index < -0.39 is 0 Å². The van der Waals surface area contributed by atoms with Gasteiger partial charge in [0.2, 0.25) is 0 Å². The first-order valence-corrected chi connectivity index (χ1v) is 9.01. The maximum Gasteiger partial charge on any atom is 0.274 e. The number of nitriles is 1. The van der Waals surface area contributed by atoms with Gasteiger partial charge in [0.15, 0.2) is 0 Å². The van der Waals surface area contributed by atoms with Crippen molar-refractivity contribution >= 4 is 23.0 Å². The Morgan fingerprint density at radius 1 is 0.964 bits per heavy atom. The molecule has 0 aliphatic rings. The van der Waals surface area contributed by atoms with Crippen molar-refractivity contribution < 1.29 is 4.79 Å². The van der Waals surface area contributed by atoms with E-state index in [2.05, 4.69) is 42.5 Å². The highest BCUT2D eigenvalue weighted by Crippen LogP contribution is 2.29. The van der Waals surface area contributed by atoms with Crippen LogP contribution in [-0.2, 0) is 5.41 Å². The molecule has 1 aromatic heterocycles. The number of anilines is 3. The molecule has 28 heavy (non-hydrogen) atoms. The lowest BCUT2D eigenvalue weighted by Crippen LogP contribution is -2.19. The molecule has 0 saturated carbocycles. The Morgan fingerprint density at radius 2 is 1.64 bits per heavy atom. The molecule has 140 valence electrons. The molecule has 0 spiro atoms. The molecule has 2 N–H and O–H groups in total. The lowest BCUT2D eigenvalue weighted by molar-refractivity contribution is 0.102. The zero-order valence-electron chi connectivity index (χ0n) is 16.2. The summed E-state index contributed by atoms with van der Waals surface area (Å²) in [4.78, 5) is 16.9. The molecule has 0 unspecified atom stereocenters. The minimum Gasteiger partial charge on any atom is -0.353 e. The smallest absolute Gasteiger partial charge is 0.274 e. The van der Waals surface area contributed by atoms with Gasteiger partial charge in [0, 0.05) is 5.69 Å². The number of hydrogen-bond donors (Lipinski definition) is 2. The minimum absolute atomic E-state index is 0.0841. The van der Waals surface area contributed by atoms with Crippen LogP contribution < -0.4 is 10.6 Å². The first-order valence-electron chi connectivity index (χ1n) is 9.01. The summed E-state index contributed by atoms with van der Waals surface area (Å²) in [5.74, 6) is -0.263. The summed E-state index contributed by atoms with van der Waals surface area (Å²) < 4.78 is 0. The van der Waals surface area contributed by atoms with Gasteiger partial charge in [-0.05, 0) is 41.3 Å². The molecule has 5 nitrogen and oxygen atoms in total. The summed E-state index contributed by atoms with van der Waals surface area (Å²) in [5, 5.41) is 15.3. The van der Waals surface area contributed by atoms with Crippen molar-refractivity contribution in [2.75, 3.05) is 10.6 Å². The van der Waals surface area contributed by atoms with Crippen LogP contribution in [0.5, 0.6) is 0 Å². The molecule has 1 heterocycles. The van der Waals surface area contributed by atoms with E-state index in [0.29, 0.717) is 22.6 Å². The topological polar surface area (TPSA) is 77.8 Å². The number of pyridine rings is 1. The summed E-state index contributed by atoms with van der Waals surface area (Å²) >= 11 is 0. The summed E-state index contributed by atoms with van der Waals surface area (Å²) in [5.41, 5.74) is 4.03. The van der Waals surface area contributed by atoms with Crippen molar-refractivity contribution in [1.82, 2.24) is 4.98 Å². The fourth-order valence-electron chi connectivity index (χ4n) is 2.88. The average Bonchev–Trinajstić information content (AvgIpc) is 2.68. The molecule has 0 atom stereocenters. The Morgan fingerprint density at radius 3 is 2.29 bits per heavy atom. The standard InChI is InChI=1S/C23H22N4O/c1-23(2,3)18-9-5-7-11-20(18)27-22(28)21-13-12-17(15-25-21)26-19-10-6-4-8-16(19)14-24/h4-13,15,26H,1-3H3,(H,27,28). The van der Waals surface area contributed by atoms with Crippen molar-refractivity contribution in [3.05, 3.63) is 83.7 Å². The summed E-state index contributed by atoms with van der Waals surface area (Å²) in [6.45, 7) is 6.32. The lowest BCUT2D eigenvalue weighted by Gasteiger charge is -2.22. The number of nitrogens with zero attached hydrogens (tertiary/aromatic N) is 2. The Balaban J connectivity index is 1.76. The fourth-order valence-corrected chi connectivity index (χ4v) is 2.88. The zero-order chi connectivity index (χ0) is 20.1. The Labute approximate surface area is 165 Å². The number of hydrogen-bond acceptors (Lipinski definition) is 4. The molecule has 0 radical (unpaired) electrons. The Kier molecular flexibility index (Phi) is 5.42. The lowest BCUT2D eigenvalue weighted by atomic mass is 9.86. The third kappa shape index (κ3) is 4.36. The minimum atomic E-state index is -0.263. The first kappa shape index (κ1) is 19.1. The van der Waals surface area contributed by atoms with E-state index in [9.17, 15) is 10.1 Å². The van der Waals surface area contributed by atoms with Gasteiger partial charge in [-0.2, -0.15) is 5.26 Å². The number of carbonyl (C=O) groups is 1. The summed E-state index contributed by atoms with van der Waals surface area (Å²) in [7, 11) is 0. The van der Waals surface area contributed by atoms with E-state index in [1.54, 1.807) is 24.4 Å². The third-order valence-corrected chi connectivity index (χ3v) is 4.31. The zero-order valence-corrected chi connectivity index (χ0v) is 16.2. The Bertz CT molecular complexity index is 1030. The molecule has 5 heteroatoms. The monoisotopic (exact) mass is 370 g/mol. The molecular weight excluding hydrogens is 348 g/mol. The number of aromatic nitrogens is 1. The highest BCUT2D eigenvalue weighted by Gasteiger charge is 2.19. The molecule has 3 aromatic rings. The van der Waals surface area contributed by atoms with Crippen LogP contribution in [0.1, 0.15) is 42.4 Å². The highest BCUT2D eigenvalue weighted by molar-refractivity contribution is 6.03. The Hall–Kier alpha value is -3.65. The molecule has 3 rings (SSSR count). The van der Waals surface area contributed by atoms with Gasteiger partial charge >= 0.3 is 0 Å². The second-order valence-electron chi connectivity index (χ2n) is 7.46. The predicted molar refractivity (Wildman–Crippen MR) is 112 cm³/mol. The van der Waals surface area contributed by atoms with Crippen molar-refractivity contribution in [3.63, 3.8) is 0 Å². The fraction of sp³-hybridized carbons (Fsp3) is 0.174. The van der Waals surface area contributed by atoms with Gasteiger partial charge in [-0.15, -0.1) is 0 Å². The maximum atomic E-state index is 12.6. The number of rotatable bonds is 4. The van der Waals surface area contributed by atoms with Gasteiger partial charge in [0.25, 0.3) is 5.91 Å². The number of nitrogens with one attached hydrogen (secondary N) is 2.